The molecular formula is C16H21BrN4O. The fraction of sp³-hybridized carbons (Fsp3) is 0.438. The van der Waals surface area contributed by atoms with E-state index in [-0.39, 0.29) is 0 Å². The molecule has 0 radical (unpaired) electrons. The van der Waals surface area contributed by atoms with Gasteiger partial charge in [0.15, 0.2) is 0 Å². The van der Waals surface area contributed by atoms with Crippen molar-refractivity contribution in [1.82, 2.24) is 14.5 Å². The van der Waals surface area contributed by atoms with Crippen LogP contribution in [0.25, 0.3) is 5.69 Å². The van der Waals surface area contributed by atoms with Crippen molar-refractivity contribution in [3.05, 3.63) is 35.3 Å². The first-order chi connectivity index (χ1) is 10.7. The summed E-state index contributed by atoms with van der Waals surface area (Å²) in [5.74, 6) is 0.836. The number of halogens is 1. The molecule has 118 valence electrons. The third-order valence-corrected chi connectivity index (χ3v) is 4.51. The van der Waals surface area contributed by atoms with Gasteiger partial charge >= 0.3 is 0 Å². The smallest absolute Gasteiger partial charge is 0.144 e. The Labute approximate surface area is 139 Å². The van der Waals surface area contributed by atoms with Gasteiger partial charge in [-0.3, -0.25) is 0 Å². The Bertz CT molecular complexity index is 635. The minimum absolute atomic E-state index is 0.536. The first kappa shape index (κ1) is 15.4. The summed E-state index contributed by atoms with van der Waals surface area (Å²) in [5.41, 5.74) is 2.09. The van der Waals surface area contributed by atoms with Crippen molar-refractivity contribution in [3.8, 4) is 11.4 Å². The lowest BCUT2D eigenvalue weighted by atomic mass is 10.1. The van der Waals surface area contributed by atoms with Crippen molar-refractivity contribution in [3.63, 3.8) is 0 Å². The lowest BCUT2D eigenvalue weighted by Crippen LogP contribution is -2.36. The maximum Gasteiger partial charge on any atom is 0.144 e. The highest BCUT2D eigenvalue weighted by Gasteiger charge is 2.17. The molecule has 1 aromatic heterocycles. The normalized spacial score (nSPS) is 16.7. The molecular weight excluding hydrogens is 344 g/mol. The van der Waals surface area contributed by atoms with E-state index in [4.69, 9.17) is 4.74 Å². The second-order valence-electron chi connectivity index (χ2n) is 5.71. The lowest BCUT2D eigenvalue weighted by Gasteiger charge is -2.30. The minimum atomic E-state index is 0.536. The zero-order valence-electron chi connectivity index (χ0n) is 12.9. The average Bonchev–Trinajstić information content (AvgIpc) is 2.96. The number of ether oxygens (including phenoxy) is 1. The van der Waals surface area contributed by atoms with Gasteiger partial charge in [0.2, 0.25) is 0 Å². The Hall–Kier alpha value is -1.53. The lowest BCUT2D eigenvalue weighted by molar-refractivity contribution is 0.264. The van der Waals surface area contributed by atoms with Gasteiger partial charge in [0.25, 0.3) is 0 Å². The molecule has 2 aromatic rings. The molecule has 1 aliphatic rings. The molecule has 1 N–H and O–H groups in total. The molecule has 0 unspecified atom stereocenters. The molecule has 0 amide bonds. The molecule has 1 saturated heterocycles. The monoisotopic (exact) mass is 364 g/mol. The Morgan fingerprint density at radius 1 is 1.32 bits per heavy atom. The average molecular weight is 365 g/mol. The van der Waals surface area contributed by atoms with E-state index < -0.39 is 0 Å². The van der Waals surface area contributed by atoms with E-state index >= 15 is 0 Å². The summed E-state index contributed by atoms with van der Waals surface area (Å²) in [6.45, 7) is 2.30. The van der Waals surface area contributed by atoms with Crippen LogP contribution >= 0.6 is 15.9 Å². The fourth-order valence-electron chi connectivity index (χ4n) is 2.80. The standard InChI is InChI=1S/C16H21BrN4O/c1-20-7-5-12(6-8-20)19-13-3-4-14(15(9-13)22-2)21-10-16(17)18-11-21/h3-4,9-12,19H,5-8H2,1-2H3. The third kappa shape index (κ3) is 3.44. The first-order valence-corrected chi connectivity index (χ1v) is 8.28. The van der Waals surface area contributed by atoms with Crippen molar-refractivity contribution in [2.75, 3.05) is 32.6 Å². The second kappa shape index (κ2) is 6.71. The van der Waals surface area contributed by atoms with Crippen molar-refractivity contribution in [1.29, 1.82) is 0 Å². The number of nitrogens with zero attached hydrogens (tertiary/aromatic N) is 3. The van der Waals surface area contributed by atoms with Crippen LogP contribution in [-0.4, -0.2) is 47.7 Å². The molecule has 22 heavy (non-hydrogen) atoms. The minimum Gasteiger partial charge on any atom is -0.494 e. The Morgan fingerprint density at radius 3 is 2.73 bits per heavy atom. The molecule has 1 fully saturated rings. The highest BCUT2D eigenvalue weighted by molar-refractivity contribution is 9.10. The highest BCUT2D eigenvalue weighted by Crippen LogP contribution is 2.28. The molecule has 6 heteroatoms. The van der Waals surface area contributed by atoms with Crippen molar-refractivity contribution < 1.29 is 4.74 Å². The van der Waals surface area contributed by atoms with Gasteiger partial charge < -0.3 is 19.5 Å². The quantitative estimate of drug-likeness (QED) is 0.904. The maximum atomic E-state index is 5.54. The van der Waals surface area contributed by atoms with Gasteiger partial charge in [0, 0.05) is 24.0 Å². The van der Waals surface area contributed by atoms with Gasteiger partial charge in [-0.25, -0.2) is 4.98 Å². The van der Waals surface area contributed by atoms with Crippen LogP contribution in [0.1, 0.15) is 12.8 Å². The van der Waals surface area contributed by atoms with Gasteiger partial charge in [0.05, 0.1) is 12.8 Å². The first-order valence-electron chi connectivity index (χ1n) is 7.48. The maximum absolute atomic E-state index is 5.54. The van der Waals surface area contributed by atoms with E-state index in [1.807, 2.05) is 10.8 Å². The number of benzene rings is 1. The van der Waals surface area contributed by atoms with Gasteiger partial charge in [-0.1, -0.05) is 0 Å². The number of likely N-dealkylation sites (tertiary alicyclic amines) is 1. The van der Waals surface area contributed by atoms with Crippen molar-refractivity contribution in [2.24, 2.45) is 0 Å². The zero-order chi connectivity index (χ0) is 15.5. The summed E-state index contributed by atoms with van der Waals surface area (Å²) in [5, 5.41) is 3.62. The van der Waals surface area contributed by atoms with Gasteiger partial charge in [-0.2, -0.15) is 0 Å². The van der Waals surface area contributed by atoms with Crippen LogP contribution in [0.2, 0.25) is 0 Å². The highest BCUT2D eigenvalue weighted by atomic mass is 79.9. The van der Waals surface area contributed by atoms with E-state index in [9.17, 15) is 0 Å². The summed E-state index contributed by atoms with van der Waals surface area (Å²) in [6, 6.07) is 6.75. The van der Waals surface area contributed by atoms with Gasteiger partial charge in [-0.05, 0) is 61.0 Å². The Morgan fingerprint density at radius 2 is 2.09 bits per heavy atom. The van der Waals surface area contributed by atoms with E-state index in [1.165, 1.54) is 12.8 Å². The fourth-order valence-corrected chi connectivity index (χ4v) is 3.11. The molecule has 0 spiro atoms. The molecule has 0 aliphatic carbocycles. The predicted molar refractivity (Wildman–Crippen MR) is 92.0 cm³/mol. The molecule has 5 nitrogen and oxygen atoms in total. The van der Waals surface area contributed by atoms with Crippen LogP contribution in [0, 0.1) is 0 Å². The van der Waals surface area contributed by atoms with Crippen molar-refractivity contribution >= 4 is 21.6 Å². The number of aromatic nitrogens is 2. The van der Waals surface area contributed by atoms with Crippen LogP contribution < -0.4 is 10.1 Å². The van der Waals surface area contributed by atoms with Crippen LogP contribution in [0.15, 0.2) is 35.3 Å². The number of piperidine rings is 1. The third-order valence-electron chi connectivity index (χ3n) is 4.10. The summed E-state index contributed by atoms with van der Waals surface area (Å²) in [6.07, 6.45) is 6.04. The van der Waals surface area contributed by atoms with Gasteiger partial charge in [-0.15, -0.1) is 0 Å². The Balaban J connectivity index is 1.77. The van der Waals surface area contributed by atoms with Crippen LogP contribution in [0.4, 0.5) is 5.69 Å². The number of imidazole rings is 1. The number of anilines is 1. The molecule has 0 bridgehead atoms. The van der Waals surface area contributed by atoms with Crippen LogP contribution in [-0.2, 0) is 0 Å². The topological polar surface area (TPSA) is 42.3 Å². The molecule has 0 atom stereocenters. The van der Waals surface area contributed by atoms with Crippen molar-refractivity contribution in [2.45, 2.75) is 18.9 Å². The SMILES string of the molecule is COc1cc(NC2CCN(C)CC2)ccc1-n1cnc(Br)c1. The molecule has 1 aliphatic heterocycles. The molecule has 0 saturated carbocycles. The van der Waals surface area contributed by atoms with Crippen LogP contribution in [0.3, 0.4) is 0 Å². The van der Waals surface area contributed by atoms with E-state index in [1.54, 1.807) is 13.4 Å². The zero-order valence-corrected chi connectivity index (χ0v) is 14.5. The van der Waals surface area contributed by atoms with E-state index in [2.05, 4.69) is 56.4 Å². The number of rotatable bonds is 4. The van der Waals surface area contributed by atoms with Gasteiger partial charge in [0.1, 0.15) is 16.7 Å². The number of hydrogen-bond donors (Lipinski definition) is 1. The largest absolute Gasteiger partial charge is 0.494 e. The second-order valence-corrected chi connectivity index (χ2v) is 6.52. The summed E-state index contributed by atoms with van der Waals surface area (Å²) >= 11 is 3.37. The molecule has 1 aromatic carbocycles. The van der Waals surface area contributed by atoms with E-state index in [0.29, 0.717) is 6.04 Å². The number of hydrogen-bond acceptors (Lipinski definition) is 4. The predicted octanol–water partition coefficient (Wildman–Crippen LogP) is 3.15. The number of methoxy groups -OCH3 is 1. The summed E-state index contributed by atoms with van der Waals surface area (Å²) < 4.78 is 8.30. The molecule has 3 rings (SSSR count). The Kier molecular flexibility index (Phi) is 4.69. The summed E-state index contributed by atoms with van der Waals surface area (Å²) in [4.78, 5) is 6.57. The van der Waals surface area contributed by atoms with Crippen LogP contribution in [0.5, 0.6) is 5.75 Å². The van der Waals surface area contributed by atoms with E-state index in [0.717, 1.165) is 34.8 Å². The summed E-state index contributed by atoms with van der Waals surface area (Å²) in [7, 11) is 3.88. The number of nitrogens with one attached hydrogen (secondary N) is 1. The molecule has 2 heterocycles.